The van der Waals surface area contributed by atoms with Gasteiger partial charge in [-0.2, -0.15) is 0 Å². The van der Waals surface area contributed by atoms with Crippen molar-refractivity contribution in [2.75, 3.05) is 26.3 Å². The summed E-state index contributed by atoms with van der Waals surface area (Å²) < 4.78 is 43.4. The lowest BCUT2D eigenvalue weighted by atomic mass is 9.82. The van der Waals surface area contributed by atoms with Crippen LogP contribution in [0.3, 0.4) is 0 Å². The van der Waals surface area contributed by atoms with Crippen molar-refractivity contribution in [3.8, 4) is 22.3 Å². The second kappa shape index (κ2) is 16.0. The number of rotatable bonds is 12. The highest BCUT2D eigenvalue weighted by molar-refractivity contribution is 5.82. The molecule has 1 N–H and O–H groups in total. The number of hydrogen-bond donors (Lipinski definition) is 1. The minimum atomic E-state index is -0.581. The van der Waals surface area contributed by atoms with E-state index in [0.717, 1.165) is 52.1 Å². The number of ether oxygens (including phenoxy) is 2. The molecule has 2 atom stereocenters. The monoisotopic (exact) mass is 731 g/mol. The summed E-state index contributed by atoms with van der Waals surface area (Å²) in [5.41, 5.74) is 6.61. The molecule has 1 fully saturated rings. The summed E-state index contributed by atoms with van der Waals surface area (Å²) in [5, 5.41) is 2.90. The second-order valence-corrected chi connectivity index (χ2v) is 15.3. The predicted octanol–water partition coefficient (Wildman–Crippen LogP) is 9.51. The van der Waals surface area contributed by atoms with Crippen molar-refractivity contribution in [2.45, 2.75) is 64.6 Å². The van der Waals surface area contributed by atoms with Gasteiger partial charge in [0, 0.05) is 55.2 Å². The topological polar surface area (TPSA) is 72.8 Å². The Morgan fingerprint density at radius 3 is 2.26 bits per heavy atom. The van der Waals surface area contributed by atoms with Crippen LogP contribution in [-0.2, 0) is 20.8 Å². The number of halogens is 2. The highest BCUT2D eigenvalue weighted by atomic mass is 19.1. The van der Waals surface area contributed by atoms with Crippen LogP contribution in [0.15, 0.2) is 109 Å². The molecule has 280 valence electrons. The van der Waals surface area contributed by atoms with Crippen LogP contribution in [0.4, 0.5) is 13.6 Å². The summed E-state index contributed by atoms with van der Waals surface area (Å²) in [6, 6.07) is 31.2. The van der Waals surface area contributed by atoms with E-state index in [2.05, 4.69) is 50.4 Å². The average molecular weight is 732 g/mol. The number of benzene rings is 4. The fourth-order valence-electron chi connectivity index (χ4n) is 8.03. The van der Waals surface area contributed by atoms with Crippen molar-refractivity contribution in [1.82, 2.24) is 14.8 Å². The lowest BCUT2D eigenvalue weighted by Crippen LogP contribution is -2.47. The first-order valence-electron chi connectivity index (χ1n) is 18.8. The zero-order valence-corrected chi connectivity index (χ0v) is 31.1. The molecule has 5 aromatic rings. The molecule has 0 radical (unpaired) electrons. The number of fused-ring (bicyclic) bond motifs is 3. The molecule has 1 aliphatic carbocycles. The van der Waals surface area contributed by atoms with Gasteiger partial charge in [0.15, 0.2) is 0 Å². The minimum absolute atomic E-state index is 0.0481. The van der Waals surface area contributed by atoms with Gasteiger partial charge in [-0.1, -0.05) is 99.6 Å². The predicted molar refractivity (Wildman–Crippen MR) is 206 cm³/mol. The van der Waals surface area contributed by atoms with Crippen molar-refractivity contribution in [3.05, 3.63) is 143 Å². The third-order valence-corrected chi connectivity index (χ3v) is 10.5. The van der Waals surface area contributed by atoms with Crippen LogP contribution in [0.2, 0.25) is 0 Å². The van der Waals surface area contributed by atoms with Gasteiger partial charge in [-0.05, 0) is 76.8 Å². The van der Waals surface area contributed by atoms with Gasteiger partial charge >= 0.3 is 6.09 Å². The lowest BCUT2D eigenvalue weighted by Gasteiger charge is -2.42. The van der Waals surface area contributed by atoms with Gasteiger partial charge in [-0.3, -0.25) is 4.79 Å². The van der Waals surface area contributed by atoms with Gasteiger partial charge in [0.05, 0.1) is 6.04 Å². The van der Waals surface area contributed by atoms with E-state index in [1.165, 1.54) is 6.07 Å². The Morgan fingerprint density at radius 1 is 0.907 bits per heavy atom. The van der Waals surface area contributed by atoms with Crippen LogP contribution in [0.25, 0.3) is 22.3 Å². The Labute approximate surface area is 315 Å². The van der Waals surface area contributed by atoms with Gasteiger partial charge in [0.1, 0.15) is 24.3 Å². The van der Waals surface area contributed by atoms with E-state index in [1.807, 2.05) is 76.3 Å². The summed E-state index contributed by atoms with van der Waals surface area (Å²) in [4.78, 5) is 29.3. The molecular formula is C45H47F2N3O4. The summed E-state index contributed by atoms with van der Waals surface area (Å²) >= 11 is 0. The normalized spacial score (nSPS) is 15.8. The first-order chi connectivity index (χ1) is 26.1. The fourth-order valence-corrected chi connectivity index (χ4v) is 8.03. The molecule has 0 bridgehead atoms. The Morgan fingerprint density at radius 2 is 1.59 bits per heavy atom. The maximum Gasteiger partial charge on any atom is 0.407 e. The lowest BCUT2D eigenvalue weighted by molar-refractivity contribution is -0.146. The quantitative estimate of drug-likeness (QED) is 0.130. The molecule has 0 saturated carbocycles. The molecule has 7 rings (SSSR count). The summed E-state index contributed by atoms with van der Waals surface area (Å²) in [6.07, 6.45) is 2.62. The number of nitrogens with one attached hydrogen (secondary N) is 1. The largest absolute Gasteiger partial charge is 0.449 e. The maximum absolute atomic E-state index is 15.2. The second-order valence-electron chi connectivity index (χ2n) is 15.3. The number of carbonyl (C=O) groups is 2. The molecule has 1 aromatic heterocycles. The van der Waals surface area contributed by atoms with E-state index in [1.54, 1.807) is 0 Å². The van der Waals surface area contributed by atoms with Crippen molar-refractivity contribution in [2.24, 2.45) is 5.41 Å². The van der Waals surface area contributed by atoms with Crippen LogP contribution >= 0.6 is 0 Å². The fraction of sp³-hybridized carbons (Fsp3) is 0.333. The van der Waals surface area contributed by atoms with Crippen molar-refractivity contribution >= 4 is 12.0 Å². The van der Waals surface area contributed by atoms with E-state index in [0.29, 0.717) is 38.1 Å². The highest BCUT2D eigenvalue weighted by Crippen LogP contribution is 2.45. The summed E-state index contributed by atoms with van der Waals surface area (Å²) in [7, 11) is 0. The third-order valence-electron chi connectivity index (χ3n) is 10.5. The molecule has 1 aliphatic heterocycles. The highest BCUT2D eigenvalue weighted by Gasteiger charge is 2.40. The van der Waals surface area contributed by atoms with E-state index < -0.39 is 35.3 Å². The van der Waals surface area contributed by atoms with E-state index in [9.17, 15) is 14.0 Å². The van der Waals surface area contributed by atoms with Crippen LogP contribution in [0.5, 0.6) is 0 Å². The molecule has 2 amide bonds. The number of amides is 2. The molecule has 1 unspecified atom stereocenters. The van der Waals surface area contributed by atoms with Crippen molar-refractivity contribution in [3.63, 3.8) is 0 Å². The Kier molecular flexibility index (Phi) is 11.0. The summed E-state index contributed by atoms with van der Waals surface area (Å²) in [6.45, 7) is 8.02. The molecule has 54 heavy (non-hydrogen) atoms. The maximum atomic E-state index is 15.2. The van der Waals surface area contributed by atoms with Crippen LogP contribution < -0.4 is 5.32 Å². The van der Waals surface area contributed by atoms with Crippen molar-refractivity contribution in [1.29, 1.82) is 0 Å². The first-order valence-corrected chi connectivity index (χ1v) is 18.8. The first kappa shape index (κ1) is 37.1. The SMILES string of the molecule is CC(C)(C)C(c1cc(-c2cc(F)ccc2F)cn1Cc1ccccc1)N(CCCNC(=O)OCC1c2ccccc2-c2ccccc21)C(=O)[C@@H]1CCCO1. The average Bonchev–Trinajstić information content (AvgIpc) is 3.92. The van der Waals surface area contributed by atoms with E-state index in [4.69, 9.17) is 9.47 Å². The molecule has 2 aliphatic rings. The smallest absolute Gasteiger partial charge is 0.407 e. The van der Waals surface area contributed by atoms with Gasteiger partial charge < -0.3 is 24.3 Å². The van der Waals surface area contributed by atoms with Crippen LogP contribution in [0.1, 0.15) is 74.4 Å². The molecule has 1 saturated heterocycles. The molecule has 0 spiro atoms. The zero-order chi connectivity index (χ0) is 37.8. The van der Waals surface area contributed by atoms with Crippen LogP contribution in [-0.4, -0.2) is 53.9 Å². The molecule has 2 heterocycles. The van der Waals surface area contributed by atoms with Gasteiger partial charge in [-0.25, -0.2) is 13.6 Å². The van der Waals surface area contributed by atoms with Crippen molar-refractivity contribution < 1.29 is 27.8 Å². The Hall–Kier alpha value is -5.28. The number of nitrogens with zero attached hydrogens (tertiary/aromatic N) is 2. The van der Waals surface area contributed by atoms with Gasteiger partial charge in [0.25, 0.3) is 5.91 Å². The van der Waals surface area contributed by atoms with E-state index in [-0.39, 0.29) is 30.5 Å². The Balaban J connectivity index is 1.11. The number of aromatic nitrogens is 1. The summed E-state index contributed by atoms with van der Waals surface area (Å²) in [5.74, 6) is -1.23. The molecule has 7 nitrogen and oxygen atoms in total. The Bertz CT molecular complexity index is 2060. The number of alkyl carbamates (subject to hydrolysis) is 1. The standard InChI is InChI=1S/C45H47F2N3O4/c1-45(2,3)42(40-25-31(37-26-32(46)20-21-39(37)47)28-49(40)27-30-13-5-4-6-14-30)50(43(51)41-19-11-24-53-41)23-12-22-48-44(52)54-29-38-35-17-9-7-15-33(35)34-16-8-10-18-36(34)38/h4-10,13-18,20-21,25-26,28,38,41-42H,11-12,19,22-24,27,29H2,1-3H3,(H,48,52)/t41-,42?/m0/s1. The molecule has 9 heteroatoms. The molecular weight excluding hydrogens is 685 g/mol. The minimum Gasteiger partial charge on any atom is -0.449 e. The van der Waals surface area contributed by atoms with Crippen LogP contribution in [0, 0.1) is 17.0 Å². The van der Waals surface area contributed by atoms with Gasteiger partial charge in [-0.15, -0.1) is 0 Å². The van der Waals surface area contributed by atoms with Gasteiger partial charge in [0.2, 0.25) is 0 Å². The number of carbonyl (C=O) groups excluding carboxylic acids is 2. The zero-order valence-electron chi connectivity index (χ0n) is 31.1. The molecule has 4 aromatic carbocycles. The number of hydrogen-bond acceptors (Lipinski definition) is 4. The van der Waals surface area contributed by atoms with E-state index >= 15 is 4.39 Å². The third kappa shape index (κ3) is 7.97.